The summed E-state index contributed by atoms with van der Waals surface area (Å²) in [5.41, 5.74) is 5.57. The molecule has 0 aliphatic rings. The number of amides is 2. The number of rotatable bonds is 9. The monoisotopic (exact) mass is 408 g/mol. The summed E-state index contributed by atoms with van der Waals surface area (Å²) < 4.78 is 0. The molecule has 0 heterocycles. The molecule has 0 fully saturated rings. The van der Waals surface area contributed by atoms with E-state index in [0.717, 1.165) is 17.5 Å². The number of benzene rings is 2. The van der Waals surface area contributed by atoms with Gasteiger partial charge in [-0.05, 0) is 62.8 Å². The van der Waals surface area contributed by atoms with E-state index in [9.17, 15) is 9.59 Å². The van der Waals surface area contributed by atoms with Crippen LogP contribution in [-0.4, -0.2) is 28.8 Å². The van der Waals surface area contributed by atoms with E-state index in [1.54, 1.807) is 4.90 Å². The predicted octanol–water partition coefficient (Wildman–Crippen LogP) is 4.88. The zero-order valence-electron chi connectivity index (χ0n) is 19.3. The third kappa shape index (κ3) is 6.45. The molecule has 30 heavy (non-hydrogen) atoms. The lowest BCUT2D eigenvalue weighted by molar-refractivity contribution is -0.141. The summed E-state index contributed by atoms with van der Waals surface area (Å²) in [6, 6.07) is 13.9. The fourth-order valence-corrected chi connectivity index (χ4v) is 3.44. The molecule has 0 aliphatic heterocycles. The van der Waals surface area contributed by atoms with E-state index < -0.39 is 6.04 Å². The summed E-state index contributed by atoms with van der Waals surface area (Å²) in [4.78, 5) is 28.1. The molecule has 0 spiro atoms. The largest absolute Gasteiger partial charge is 0.352 e. The van der Waals surface area contributed by atoms with Gasteiger partial charge in [0.25, 0.3) is 0 Å². The van der Waals surface area contributed by atoms with Gasteiger partial charge >= 0.3 is 0 Å². The Morgan fingerprint density at radius 2 is 1.53 bits per heavy atom. The number of carbonyl (C=O) groups is 2. The second kappa shape index (κ2) is 11.0. The van der Waals surface area contributed by atoms with Crippen LogP contribution < -0.4 is 5.32 Å². The van der Waals surface area contributed by atoms with E-state index >= 15 is 0 Å². The molecule has 2 amide bonds. The van der Waals surface area contributed by atoms with Gasteiger partial charge in [-0.1, -0.05) is 61.9 Å². The quantitative estimate of drug-likeness (QED) is 0.643. The summed E-state index contributed by atoms with van der Waals surface area (Å²) in [5.74, 6) is -0.0997. The Bertz CT molecular complexity index is 858. The van der Waals surface area contributed by atoms with Crippen molar-refractivity contribution in [3.8, 4) is 0 Å². The minimum Gasteiger partial charge on any atom is -0.352 e. The van der Waals surface area contributed by atoms with Crippen LogP contribution in [0.5, 0.6) is 0 Å². The van der Waals surface area contributed by atoms with Crippen LogP contribution in [0.2, 0.25) is 0 Å². The van der Waals surface area contributed by atoms with Gasteiger partial charge in [0.15, 0.2) is 0 Å². The summed E-state index contributed by atoms with van der Waals surface area (Å²) in [5, 5.41) is 3.06. The van der Waals surface area contributed by atoms with Crippen molar-refractivity contribution in [2.75, 3.05) is 0 Å². The molecule has 162 valence electrons. The average molecular weight is 409 g/mol. The molecule has 4 heteroatoms. The molecular formula is C26H36N2O2. The smallest absolute Gasteiger partial charge is 0.243 e. The zero-order valence-corrected chi connectivity index (χ0v) is 19.3. The molecule has 0 saturated carbocycles. The van der Waals surface area contributed by atoms with Crippen LogP contribution in [-0.2, 0) is 22.6 Å². The lowest BCUT2D eigenvalue weighted by Crippen LogP contribution is -2.51. The number of hydrogen-bond acceptors (Lipinski definition) is 2. The normalized spacial score (nSPS) is 12.9. The zero-order chi connectivity index (χ0) is 22.3. The molecule has 1 N–H and O–H groups in total. The van der Waals surface area contributed by atoms with E-state index in [-0.39, 0.29) is 17.9 Å². The molecule has 2 rings (SSSR count). The van der Waals surface area contributed by atoms with E-state index in [0.29, 0.717) is 19.4 Å². The topological polar surface area (TPSA) is 49.4 Å². The lowest BCUT2D eigenvalue weighted by Gasteiger charge is -2.31. The minimum atomic E-state index is -0.487. The van der Waals surface area contributed by atoms with Crippen molar-refractivity contribution in [2.45, 2.75) is 79.4 Å². The molecular weight excluding hydrogens is 372 g/mol. The van der Waals surface area contributed by atoms with E-state index in [4.69, 9.17) is 0 Å². The van der Waals surface area contributed by atoms with Crippen molar-refractivity contribution < 1.29 is 9.59 Å². The first-order valence-corrected chi connectivity index (χ1v) is 11.0. The van der Waals surface area contributed by atoms with Crippen molar-refractivity contribution in [1.29, 1.82) is 0 Å². The van der Waals surface area contributed by atoms with Gasteiger partial charge in [0, 0.05) is 12.6 Å². The van der Waals surface area contributed by atoms with Crippen molar-refractivity contribution in [3.05, 3.63) is 70.3 Å². The molecule has 4 nitrogen and oxygen atoms in total. The summed E-state index contributed by atoms with van der Waals surface area (Å²) >= 11 is 0. The summed E-state index contributed by atoms with van der Waals surface area (Å²) in [6.45, 7) is 12.6. The van der Waals surface area contributed by atoms with Gasteiger partial charge in [0.05, 0.1) is 6.42 Å². The highest BCUT2D eigenvalue weighted by atomic mass is 16.2. The second-order valence-corrected chi connectivity index (χ2v) is 8.34. The minimum absolute atomic E-state index is 0.0232. The maximum absolute atomic E-state index is 13.4. The number of hydrogen-bond donors (Lipinski definition) is 1. The molecule has 2 atom stereocenters. The van der Waals surface area contributed by atoms with Crippen LogP contribution in [0, 0.1) is 20.8 Å². The molecule has 0 saturated heterocycles. The standard InChI is InChI=1S/C26H36N2O2/c1-7-21(6)27-26(30)24(8-2)28(17-22-12-9-18(3)10-13-22)25(29)16-23-14-11-19(4)20(5)15-23/h9-15,21,24H,7-8,16-17H2,1-6H3,(H,27,30)/t21-,24-/m0/s1. The summed E-state index contributed by atoms with van der Waals surface area (Å²) in [6.07, 6.45) is 1.73. The van der Waals surface area contributed by atoms with Crippen LogP contribution in [0.25, 0.3) is 0 Å². The number of carbonyl (C=O) groups excluding carboxylic acids is 2. The van der Waals surface area contributed by atoms with Gasteiger partial charge in [0.1, 0.15) is 6.04 Å². The molecule has 0 aliphatic carbocycles. The van der Waals surface area contributed by atoms with Gasteiger partial charge in [-0.25, -0.2) is 0 Å². The third-order valence-electron chi connectivity index (χ3n) is 5.79. The number of nitrogens with one attached hydrogen (secondary N) is 1. The fourth-order valence-electron chi connectivity index (χ4n) is 3.44. The molecule has 0 aromatic heterocycles. The highest BCUT2D eigenvalue weighted by molar-refractivity contribution is 5.88. The first-order chi connectivity index (χ1) is 14.2. The van der Waals surface area contributed by atoms with Crippen LogP contribution in [0.15, 0.2) is 42.5 Å². The van der Waals surface area contributed by atoms with Gasteiger partial charge in [-0.3, -0.25) is 9.59 Å². The van der Waals surface area contributed by atoms with Gasteiger partial charge in [-0.2, -0.15) is 0 Å². The Morgan fingerprint density at radius 3 is 2.10 bits per heavy atom. The fraction of sp³-hybridized carbons (Fsp3) is 0.462. The number of nitrogens with zero attached hydrogens (tertiary/aromatic N) is 1. The molecule has 2 aromatic rings. The Labute approximate surface area is 181 Å². The lowest BCUT2D eigenvalue weighted by atomic mass is 10.0. The molecule has 0 radical (unpaired) electrons. The Hall–Kier alpha value is -2.62. The van der Waals surface area contributed by atoms with Crippen molar-refractivity contribution in [3.63, 3.8) is 0 Å². The Balaban J connectivity index is 2.30. The van der Waals surface area contributed by atoms with E-state index in [1.807, 2.05) is 58.0 Å². The van der Waals surface area contributed by atoms with Crippen molar-refractivity contribution >= 4 is 11.8 Å². The van der Waals surface area contributed by atoms with E-state index in [1.165, 1.54) is 16.7 Å². The first-order valence-electron chi connectivity index (χ1n) is 11.0. The van der Waals surface area contributed by atoms with Crippen LogP contribution in [0.3, 0.4) is 0 Å². The van der Waals surface area contributed by atoms with Crippen LogP contribution >= 0.6 is 0 Å². The highest BCUT2D eigenvalue weighted by Gasteiger charge is 2.29. The van der Waals surface area contributed by atoms with Crippen molar-refractivity contribution in [1.82, 2.24) is 10.2 Å². The number of aryl methyl sites for hydroxylation is 3. The van der Waals surface area contributed by atoms with Crippen molar-refractivity contribution in [2.24, 2.45) is 0 Å². The maximum Gasteiger partial charge on any atom is 0.243 e. The summed E-state index contributed by atoms with van der Waals surface area (Å²) in [7, 11) is 0. The Kier molecular flexibility index (Phi) is 8.64. The maximum atomic E-state index is 13.4. The highest BCUT2D eigenvalue weighted by Crippen LogP contribution is 2.17. The van der Waals surface area contributed by atoms with Gasteiger partial charge < -0.3 is 10.2 Å². The molecule has 0 unspecified atom stereocenters. The Morgan fingerprint density at radius 1 is 0.900 bits per heavy atom. The third-order valence-corrected chi connectivity index (χ3v) is 5.79. The SMILES string of the molecule is CC[C@H](C)NC(=O)[C@H](CC)N(Cc1ccc(C)cc1)C(=O)Cc1ccc(C)c(C)c1. The van der Waals surface area contributed by atoms with Crippen LogP contribution in [0.4, 0.5) is 0 Å². The van der Waals surface area contributed by atoms with Gasteiger partial charge in [-0.15, -0.1) is 0 Å². The molecule has 2 aromatic carbocycles. The van der Waals surface area contributed by atoms with Gasteiger partial charge in [0.2, 0.25) is 11.8 Å². The predicted molar refractivity (Wildman–Crippen MR) is 123 cm³/mol. The molecule has 0 bridgehead atoms. The first kappa shape index (κ1) is 23.7. The average Bonchev–Trinajstić information content (AvgIpc) is 2.71. The second-order valence-electron chi connectivity index (χ2n) is 8.34. The van der Waals surface area contributed by atoms with E-state index in [2.05, 4.69) is 31.3 Å². The van der Waals surface area contributed by atoms with Crippen LogP contribution in [0.1, 0.15) is 61.4 Å².